The van der Waals surface area contributed by atoms with Crippen molar-refractivity contribution in [3.05, 3.63) is 30.3 Å². The van der Waals surface area contributed by atoms with E-state index in [0.29, 0.717) is 6.04 Å². The van der Waals surface area contributed by atoms with E-state index >= 15 is 0 Å². The van der Waals surface area contributed by atoms with Gasteiger partial charge in [0.25, 0.3) is 0 Å². The molecule has 0 aromatic heterocycles. The van der Waals surface area contributed by atoms with Crippen LogP contribution in [0, 0.1) is 0 Å². The van der Waals surface area contributed by atoms with Gasteiger partial charge in [-0.25, -0.2) is 0 Å². The maximum Gasteiger partial charge on any atom is 0.0146 e. The molecular weight excluding hydrogens is 252 g/mol. The van der Waals surface area contributed by atoms with Gasteiger partial charge in [0, 0.05) is 16.7 Å². The molecule has 2 nitrogen and oxygen atoms in total. The van der Waals surface area contributed by atoms with Crippen LogP contribution in [0.1, 0.15) is 32.1 Å². The van der Waals surface area contributed by atoms with Crippen molar-refractivity contribution in [3.63, 3.8) is 0 Å². The summed E-state index contributed by atoms with van der Waals surface area (Å²) in [5, 5.41) is 0. The second-order valence-corrected chi connectivity index (χ2v) is 6.52. The molecule has 1 heterocycles. The van der Waals surface area contributed by atoms with Crippen LogP contribution < -0.4 is 5.73 Å². The van der Waals surface area contributed by atoms with Crippen LogP contribution in [0.25, 0.3) is 0 Å². The zero-order valence-electron chi connectivity index (χ0n) is 11.8. The van der Waals surface area contributed by atoms with Gasteiger partial charge in [-0.15, -0.1) is 11.8 Å². The number of benzene rings is 1. The molecule has 0 bridgehead atoms. The van der Waals surface area contributed by atoms with Crippen LogP contribution in [0.2, 0.25) is 0 Å². The highest BCUT2D eigenvalue weighted by Crippen LogP contribution is 2.18. The van der Waals surface area contributed by atoms with E-state index in [-0.39, 0.29) is 0 Å². The van der Waals surface area contributed by atoms with E-state index in [1.54, 1.807) is 0 Å². The number of nitrogens with two attached hydrogens (primary N) is 1. The molecule has 19 heavy (non-hydrogen) atoms. The molecule has 0 saturated carbocycles. The quantitative estimate of drug-likeness (QED) is 0.809. The second kappa shape index (κ2) is 8.62. The fourth-order valence-electron chi connectivity index (χ4n) is 2.51. The molecule has 0 aliphatic carbocycles. The minimum atomic E-state index is 0.313. The van der Waals surface area contributed by atoms with Gasteiger partial charge in [-0.3, -0.25) is 0 Å². The lowest BCUT2D eigenvalue weighted by Gasteiger charge is -2.21. The molecule has 0 unspecified atom stereocenters. The third-order valence-corrected chi connectivity index (χ3v) is 4.92. The van der Waals surface area contributed by atoms with E-state index in [0.717, 1.165) is 12.2 Å². The van der Waals surface area contributed by atoms with Crippen molar-refractivity contribution >= 4 is 11.8 Å². The largest absolute Gasteiger partial charge is 0.327 e. The Morgan fingerprint density at radius 3 is 2.42 bits per heavy atom. The molecule has 2 rings (SSSR count). The van der Waals surface area contributed by atoms with Crippen molar-refractivity contribution in [1.29, 1.82) is 0 Å². The van der Waals surface area contributed by atoms with Gasteiger partial charge in [0.1, 0.15) is 0 Å². The molecule has 0 radical (unpaired) electrons. The first-order valence-corrected chi connectivity index (χ1v) is 8.49. The Morgan fingerprint density at radius 2 is 1.74 bits per heavy atom. The first kappa shape index (κ1) is 14.9. The number of likely N-dealkylation sites (tertiary alicyclic amines) is 1. The minimum absolute atomic E-state index is 0.313. The second-order valence-electron chi connectivity index (χ2n) is 5.43. The smallest absolute Gasteiger partial charge is 0.0146 e. The lowest BCUT2D eigenvalue weighted by molar-refractivity contribution is 0.276. The summed E-state index contributed by atoms with van der Waals surface area (Å²) < 4.78 is 0. The maximum atomic E-state index is 6.23. The monoisotopic (exact) mass is 278 g/mol. The van der Waals surface area contributed by atoms with Crippen molar-refractivity contribution in [2.45, 2.75) is 43.0 Å². The van der Waals surface area contributed by atoms with Crippen LogP contribution >= 0.6 is 11.8 Å². The van der Waals surface area contributed by atoms with E-state index in [2.05, 4.69) is 35.2 Å². The molecule has 106 valence electrons. The summed E-state index contributed by atoms with van der Waals surface area (Å²) in [6, 6.07) is 10.9. The lowest BCUT2D eigenvalue weighted by Crippen LogP contribution is -2.32. The van der Waals surface area contributed by atoms with Gasteiger partial charge >= 0.3 is 0 Å². The average molecular weight is 278 g/mol. The first-order chi connectivity index (χ1) is 9.34. The summed E-state index contributed by atoms with van der Waals surface area (Å²) in [4.78, 5) is 3.92. The Kier molecular flexibility index (Phi) is 6.75. The Labute approximate surface area is 121 Å². The van der Waals surface area contributed by atoms with Gasteiger partial charge < -0.3 is 10.6 Å². The molecule has 1 fully saturated rings. The molecule has 1 aromatic carbocycles. The van der Waals surface area contributed by atoms with Gasteiger partial charge in [0.15, 0.2) is 0 Å². The van der Waals surface area contributed by atoms with Crippen LogP contribution in [0.4, 0.5) is 0 Å². The normalized spacial score (nSPS) is 19.0. The van der Waals surface area contributed by atoms with Gasteiger partial charge in [-0.05, 0) is 51.0 Å². The van der Waals surface area contributed by atoms with E-state index in [1.165, 1.54) is 50.2 Å². The number of hydrogen-bond donors (Lipinski definition) is 1. The van der Waals surface area contributed by atoms with Crippen LogP contribution in [-0.2, 0) is 0 Å². The summed E-state index contributed by atoms with van der Waals surface area (Å²) in [6.45, 7) is 3.73. The molecule has 2 N–H and O–H groups in total. The number of thioether (sulfide) groups is 1. The van der Waals surface area contributed by atoms with E-state index < -0.39 is 0 Å². The highest BCUT2D eigenvalue weighted by molar-refractivity contribution is 7.99. The predicted molar refractivity (Wildman–Crippen MR) is 84.7 cm³/mol. The van der Waals surface area contributed by atoms with Gasteiger partial charge in [0.05, 0.1) is 0 Å². The first-order valence-electron chi connectivity index (χ1n) is 7.50. The van der Waals surface area contributed by atoms with E-state index in [9.17, 15) is 0 Å². The summed E-state index contributed by atoms with van der Waals surface area (Å²) in [5.74, 6) is 1.03. The van der Waals surface area contributed by atoms with Crippen LogP contribution in [-0.4, -0.2) is 36.3 Å². The van der Waals surface area contributed by atoms with Crippen molar-refractivity contribution in [2.75, 3.05) is 25.4 Å². The molecule has 1 aliphatic rings. The van der Waals surface area contributed by atoms with Crippen molar-refractivity contribution < 1.29 is 0 Å². The highest BCUT2D eigenvalue weighted by atomic mass is 32.2. The third kappa shape index (κ3) is 5.98. The minimum Gasteiger partial charge on any atom is -0.327 e. The SMILES string of the molecule is N[C@H](CCN1CCCCCC1)CSc1ccccc1. The molecule has 0 amide bonds. The molecule has 1 aromatic rings. The summed E-state index contributed by atoms with van der Waals surface area (Å²) in [7, 11) is 0. The molecule has 1 aliphatic heterocycles. The summed E-state index contributed by atoms with van der Waals surface area (Å²) >= 11 is 1.88. The van der Waals surface area contributed by atoms with E-state index in [4.69, 9.17) is 5.73 Å². The van der Waals surface area contributed by atoms with Gasteiger partial charge in [0.2, 0.25) is 0 Å². The Bertz CT molecular complexity index is 334. The number of nitrogens with zero attached hydrogens (tertiary/aromatic N) is 1. The van der Waals surface area contributed by atoms with Gasteiger partial charge in [-0.2, -0.15) is 0 Å². The Balaban J connectivity index is 1.62. The number of rotatable bonds is 6. The topological polar surface area (TPSA) is 29.3 Å². The lowest BCUT2D eigenvalue weighted by atomic mass is 10.2. The van der Waals surface area contributed by atoms with Crippen LogP contribution in [0.3, 0.4) is 0 Å². The summed E-state index contributed by atoms with van der Waals surface area (Å²) in [5.41, 5.74) is 6.23. The summed E-state index contributed by atoms with van der Waals surface area (Å²) in [6.07, 6.45) is 6.68. The van der Waals surface area contributed by atoms with Gasteiger partial charge in [-0.1, -0.05) is 31.0 Å². The Morgan fingerprint density at radius 1 is 1.05 bits per heavy atom. The van der Waals surface area contributed by atoms with Crippen LogP contribution in [0.5, 0.6) is 0 Å². The zero-order valence-corrected chi connectivity index (χ0v) is 12.6. The standard InChI is InChI=1S/C16H26N2S/c17-15(14-19-16-8-4-3-5-9-16)10-13-18-11-6-1-2-7-12-18/h3-5,8-9,15H,1-2,6-7,10-14,17H2/t15-/m1/s1. The highest BCUT2D eigenvalue weighted by Gasteiger charge is 2.11. The van der Waals surface area contributed by atoms with E-state index in [1.807, 2.05) is 11.8 Å². The molecule has 0 spiro atoms. The zero-order chi connectivity index (χ0) is 13.3. The maximum absolute atomic E-state index is 6.23. The average Bonchev–Trinajstić information content (AvgIpc) is 2.73. The van der Waals surface area contributed by atoms with Crippen molar-refractivity contribution in [3.8, 4) is 0 Å². The molecule has 1 atom stereocenters. The fourth-order valence-corrected chi connectivity index (χ4v) is 3.43. The molecule has 3 heteroatoms. The number of hydrogen-bond acceptors (Lipinski definition) is 3. The third-order valence-electron chi connectivity index (χ3n) is 3.72. The van der Waals surface area contributed by atoms with Crippen LogP contribution in [0.15, 0.2) is 35.2 Å². The molecule has 1 saturated heterocycles. The van der Waals surface area contributed by atoms with Crippen molar-refractivity contribution in [2.24, 2.45) is 5.73 Å². The molecular formula is C16H26N2S. The fraction of sp³-hybridized carbons (Fsp3) is 0.625. The Hall–Kier alpha value is -0.510. The van der Waals surface area contributed by atoms with Crippen molar-refractivity contribution in [1.82, 2.24) is 4.90 Å². The predicted octanol–water partition coefficient (Wildman–Crippen LogP) is 3.37.